The molecule has 3 nitrogen and oxygen atoms in total. The Morgan fingerprint density at radius 2 is 2.00 bits per heavy atom. The lowest BCUT2D eigenvalue weighted by atomic mass is 10.1. The van der Waals surface area contributed by atoms with E-state index in [1.54, 1.807) is 0 Å². The first-order chi connectivity index (χ1) is 7.65. The van der Waals surface area contributed by atoms with Crippen molar-refractivity contribution in [3.63, 3.8) is 0 Å². The fourth-order valence-corrected chi connectivity index (χ4v) is 1.73. The molecule has 0 aromatic heterocycles. The molecule has 5 heteroatoms. The minimum absolute atomic E-state index is 0.0180. The molecule has 1 aromatic carbocycles. The van der Waals surface area contributed by atoms with E-state index in [2.05, 4.69) is 10.6 Å². The lowest BCUT2D eigenvalue weighted by Gasteiger charge is -2.11. The van der Waals surface area contributed by atoms with Gasteiger partial charge >= 0.3 is 0 Å². The molecule has 0 spiro atoms. The molecule has 1 saturated heterocycles. The molecule has 1 atom stereocenters. The summed E-state index contributed by atoms with van der Waals surface area (Å²) in [6, 6.07) is 2.84. The quantitative estimate of drug-likeness (QED) is 0.791. The van der Waals surface area contributed by atoms with E-state index in [1.807, 2.05) is 0 Å². The average molecular weight is 226 g/mol. The van der Waals surface area contributed by atoms with Crippen molar-refractivity contribution in [3.05, 3.63) is 35.4 Å². The zero-order valence-corrected chi connectivity index (χ0v) is 8.59. The van der Waals surface area contributed by atoms with Crippen LogP contribution in [-0.4, -0.2) is 25.0 Å². The van der Waals surface area contributed by atoms with Gasteiger partial charge in [0.05, 0.1) is 0 Å². The Balaban J connectivity index is 2.07. The van der Waals surface area contributed by atoms with Crippen molar-refractivity contribution in [2.45, 2.75) is 12.5 Å². The Bertz CT molecular complexity index is 383. The van der Waals surface area contributed by atoms with E-state index in [-0.39, 0.29) is 11.6 Å². The second-order valence-electron chi connectivity index (χ2n) is 3.82. The van der Waals surface area contributed by atoms with Gasteiger partial charge < -0.3 is 10.6 Å². The van der Waals surface area contributed by atoms with E-state index in [0.29, 0.717) is 6.54 Å². The van der Waals surface area contributed by atoms with Gasteiger partial charge in [-0.25, -0.2) is 8.78 Å². The number of hydrogen-bond donors (Lipinski definition) is 2. The summed E-state index contributed by atoms with van der Waals surface area (Å²) in [7, 11) is 0. The Morgan fingerprint density at radius 3 is 2.56 bits per heavy atom. The Morgan fingerprint density at radius 1 is 1.31 bits per heavy atom. The number of halogens is 2. The van der Waals surface area contributed by atoms with Gasteiger partial charge in [0, 0.05) is 24.2 Å². The van der Waals surface area contributed by atoms with Crippen molar-refractivity contribution in [1.82, 2.24) is 10.6 Å². The number of benzene rings is 1. The van der Waals surface area contributed by atoms with Crippen LogP contribution in [0, 0.1) is 11.6 Å². The predicted octanol–water partition coefficient (Wildman–Crippen LogP) is 1.06. The largest absolute Gasteiger partial charge is 0.348 e. The first-order valence-electron chi connectivity index (χ1n) is 5.13. The standard InChI is InChI=1S/C11H12F2N2O/c12-8-3-7(4-9(13)5-8)11(16)15-10-1-2-14-6-10/h3-5,10,14H,1-2,6H2,(H,15,16). The number of nitrogens with one attached hydrogen (secondary N) is 2. The lowest BCUT2D eigenvalue weighted by molar-refractivity contribution is 0.0939. The second-order valence-corrected chi connectivity index (χ2v) is 3.82. The van der Waals surface area contributed by atoms with Gasteiger partial charge in [-0.1, -0.05) is 0 Å². The number of hydrogen-bond acceptors (Lipinski definition) is 2. The molecule has 0 radical (unpaired) electrons. The van der Waals surface area contributed by atoms with Gasteiger partial charge in [-0.3, -0.25) is 4.79 Å². The minimum atomic E-state index is -0.741. The topological polar surface area (TPSA) is 41.1 Å². The van der Waals surface area contributed by atoms with Crippen molar-refractivity contribution in [3.8, 4) is 0 Å². The van der Waals surface area contributed by atoms with Gasteiger partial charge in [-0.05, 0) is 25.1 Å². The highest BCUT2D eigenvalue weighted by atomic mass is 19.1. The third kappa shape index (κ3) is 2.55. The first-order valence-corrected chi connectivity index (χ1v) is 5.13. The summed E-state index contributed by atoms with van der Waals surface area (Å²) in [4.78, 5) is 11.6. The third-order valence-corrected chi connectivity index (χ3v) is 2.52. The normalized spacial score (nSPS) is 19.8. The summed E-state index contributed by atoms with van der Waals surface area (Å²) in [6.45, 7) is 1.55. The van der Waals surface area contributed by atoms with Crippen LogP contribution in [0.4, 0.5) is 8.78 Å². The van der Waals surface area contributed by atoms with Crippen molar-refractivity contribution >= 4 is 5.91 Å². The minimum Gasteiger partial charge on any atom is -0.348 e. The van der Waals surface area contributed by atoms with E-state index in [1.165, 1.54) is 0 Å². The van der Waals surface area contributed by atoms with Crippen LogP contribution in [0.5, 0.6) is 0 Å². The van der Waals surface area contributed by atoms with Crippen LogP contribution in [0.25, 0.3) is 0 Å². The maximum Gasteiger partial charge on any atom is 0.251 e. The average Bonchev–Trinajstić information content (AvgIpc) is 2.68. The Hall–Kier alpha value is -1.49. The van der Waals surface area contributed by atoms with Gasteiger partial charge in [0.25, 0.3) is 5.91 Å². The van der Waals surface area contributed by atoms with Crippen LogP contribution in [-0.2, 0) is 0 Å². The van der Waals surface area contributed by atoms with Gasteiger partial charge in [0.2, 0.25) is 0 Å². The van der Waals surface area contributed by atoms with Crippen LogP contribution >= 0.6 is 0 Å². The predicted molar refractivity (Wildman–Crippen MR) is 55.1 cm³/mol. The summed E-state index contributed by atoms with van der Waals surface area (Å²) in [6.07, 6.45) is 0.837. The van der Waals surface area contributed by atoms with Crippen LogP contribution in [0.1, 0.15) is 16.8 Å². The summed E-state index contributed by atoms with van der Waals surface area (Å²) >= 11 is 0. The molecule has 0 aliphatic carbocycles. The van der Waals surface area contributed by atoms with E-state index < -0.39 is 17.5 Å². The molecule has 2 N–H and O–H groups in total. The van der Waals surface area contributed by atoms with Crippen LogP contribution < -0.4 is 10.6 Å². The van der Waals surface area contributed by atoms with Crippen LogP contribution in [0.15, 0.2) is 18.2 Å². The van der Waals surface area contributed by atoms with Crippen LogP contribution in [0.2, 0.25) is 0 Å². The zero-order chi connectivity index (χ0) is 11.5. The molecule has 1 fully saturated rings. The first kappa shape index (κ1) is 11.0. The van der Waals surface area contributed by atoms with Crippen molar-refractivity contribution in [2.75, 3.05) is 13.1 Å². The Kier molecular flexibility index (Phi) is 3.14. The summed E-state index contributed by atoms with van der Waals surface area (Å²) in [5.74, 6) is -1.92. The molecule has 2 rings (SSSR count). The van der Waals surface area contributed by atoms with Gasteiger partial charge in [-0.2, -0.15) is 0 Å². The molecule has 86 valence electrons. The summed E-state index contributed by atoms with van der Waals surface area (Å²) in [5, 5.41) is 5.80. The molecule has 16 heavy (non-hydrogen) atoms. The number of amides is 1. The zero-order valence-electron chi connectivity index (χ0n) is 8.59. The van der Waals surface area contributed by atoms with E-state index in [4.69, 9.17) is 0 Å². The highest BCUT2D eigenvalue weighted by Crippen LogP contribution is 2.08. The SMILES string of the molecule is O=C(NC1CCNC1)c1cc(F)cc(F)c1. The van der Waals surface area contributed by atoms with Gasteiger partial charge in [-0.15, -0.1) is 0 Å². The third-order valence-electron chi connectivity index (χ3n) is 2.52. The van der Waals surface area contributed by atoms with E-state index >= 15 is 0 Å². The van der Waals surface area contributed by atoms with Crippen LogP contribution in [0.3, 0.4) is 0 Å². The highest BCUT2D eigenvalue weighted by molar-refractivity contribution is 5.94. The monoisotopic (exact) mass is 226 g/mol. The van der Waals surface area contributed by atoms with E-state index in [0.717, 1.165) is 31.2 Å². The molecular formula is C11H12F2N2O. The molecule has 1 aromatic rings. The molecule has 1 unspecified atom stereocenters. The lowest BCUT2D eigenvalue weighted by Crippen LogP contribution is -2.36. The second kappa shape index (κ2) is 4.57. The fourth-order valence-electron chi connectivity index (χ4n) is 1.73. The molecule has 0 saturated carbocycles. The summed E-state index contributed by atoms with van der Waals surface area (Å²) < 4.78 is 25.7. The molecule has 1 heterocycles. The molecule has 1 aliphatic rings. The molecule has 1 amide bonds. The molecule has 1 aliphatic heterocycles. The summed E-state index contributed by atoms with van der Waals surface area (Å²) in [5.41, 5.74) is 0.0180. The number of carbonyl (C=O) groups excluding carboxylic acids is 1. The Labute approximate surface area is 91.8 Å². The van der Waals surface area contributed by atoms with Gasteiger partial charge in [0.15, 0.2) is 0 Å². The van der Waals surface area contributed by atoms with Crippen molar-refractivity contribution in [1.29, 1.82) is 0 Å². The number of carbonyl (C=O) groups is 1. The smallest absolute Gasteiger partial charge is 0.251 e. The fraction of sp³-hybridized carbons (Fsp3) is 0.364. The highest BCUT2D eigenvalue weighted by Gasteiger charge is 2.18. The van der Waals surface area contributed by atoms with E-state index in [9.17, 15) is 13.6 Å². The molecular weight excluding hydrogens is 214 g/mol. The van der Waals surface area contributed by atoms with Crippen molar-refractivity contribution in [2.24, 2.45) is 0 Å². The van der Waals surface area contributed by atoms with Gasteiger partial charge in [0.1, 0.15) is 11.6 Å². The van der Waals surface area contributed by atoms with Crippen molar-refractivity contribution < 1.29 is 13.6 Å². The maximum absolute atomic E-state index is 12.9. The number of rotatable bonds is 2. The molecule has 0 bridgehead atoms. The maximum atomic E-state index is 12.9.